The van der Waals surface area contributed by atoms with E-state index in [1.165, 1.54) is 6.42 Å². The molecular weight excluding hydrogens is 214 g/mol. The van der Waals surface area contributed by atoms with Crippen molar-refractivity contribution in [3.8, 4) is 0 Å². The van der Waals surface area contributed by atoms with Crippen molar-refractivity contribution < 1.29 is 14.7 Å². The Morgan fingerprint density at radius 1 is 1.38 bits per heavy atom. The lowest BCUT2D eigenvalue weighted by atomic mass is 10.2. The molecular formula is C9H17N3O4. The van der Waals surface area contributed by atoms with Crippen LogP contribution >= 0.6 is 0 Å². The molecule has 0 aliphatic carbocycles. The molecule has 0 spiro atoms. The third-order valence-corrected chi connectivity index (χ3v) is 2.38. The van der Waals surface area contributed by atoms with Gasteiger partial charge in [-0.15, -0.1) is 10.1 Å². The monoisotopic (exact) mass is 231 g/mol. The Kier molecular flexibility index (Phi) is 5.55. The highest BCUT2D eigenvalue weighted by molar-refractivity contribution is 5.75. The van der Waals surface area contributed by atoms with E-state index in [1.54, 1.807) is 0 Å². The predicted octanol–water partition coefficient (Wildman–Crippen LogP) is 0.492. The van der Waals surface area contributed by atoms with E-state index in [4.69, 9.17) is 0 Å². The number of amides is 1. The van der Waals surface area contributed by atoms with Crippen LogP contribution in [0.4, 0.5) is 0 Å². The average Bonchev–Trinajstić information content (AvgIpc) is 2.25. The van der Waals surface area contributed by atoms with Crippen LogP contribution in [0.5, 0.6) is 0 Å². The van der Waals surface area contributed by atoms with Crippen LogP contribution in [0, 0.1) is 10.1 Å². The number of nitrogens with one attached hydrogen (secondary N) is 1. The summed E-state index contributed by atoms with van der Waals surface area (Å²) in [5.41, 5.74) is 2.78. The molecule has 0 aromatic carbocycles. The third-order valence-electron chi connectivity index (χ3n) is 2.38. The molecule has 0 aromatic rings. The fraction of sp³-hybridized carbons (Fsp3) is 0.889. The van der Waals surface area contributed by atoms with Crippen molar-refractivity contribution in [2.24, 2.45) is 0 Å². The predicted molar refractivity (Wildman–Crippen MR) is 55.7 cm³/mol. The zero-order valence-electron chi connectivity index (χ0n) is 9.18. The minimum Gasteiger partial charge on any atom is -0.314 e. The molecule has 7 heteroatoms. The first-order valence-electron chi connectivity index (χ1n) is 5.50. The summed E-state index contributed by atoms with van der Waals surface area (Å²) < 4.78 is 0. The molecule has 92 valence electrons. The SMILES string of the molecule is O=C(CCCO[N+](=O)[O-])NN1CCCCC1. The summed E-state index contributed by atoms with van der Waals surface area (Å²) in [6.45, 7) is 1.74. The maximum Gasteiger partial charge on any atom is 0.294 e. The number of hydrazine groups is 1. The highest BCUT2D eigenvalue weighted by Gasteiger charge is 2.12. The number of rotatable bonds is 6. The molecule has 0 aromatic heterocycles. The normalized spacial score (nSPS) is 16.8. The minimum atomic E-state index is -0.845. The number of hydrogen-bond donors (Lipinski definition) is 1. The molecule has 0 bridgehead atoms. The summed E-state index contributed by atoms with van der Waals surface area (Å²) in [7, 11) is 0. The van der Waals surface area contributed by atoms with Gasteiger partial charge in [0.2, 0.25) is 5.91 Å². The van der Waals surface area contributed by atoms with Crippen molar-refractivity contribution in [2.45, 2.75) is 32.1 Å². The second-order valence-corrected chi connectivity index (χ2v) is 3.74. The van der Waals surface area contributed by atoms with Crippen LogP contribution < -0.4 is 5.43 Å². The Hall–Kier alpha value is -1.37. The Bertz CT molecular complexity index is 241. The third kappa shape index (κ3) is 5.50. The summed E-state index contributed by atoms with van der Waals surface area (Å²) in [6.07, 6.45) is 4.03. The molecule has 1 rings (SSSR count). The van der Waals surface area contributed by atoms with E-state index in [2.05, 4.69) is 10.3 Å². The number of piperidine rings is 1. The summed E-state index contributed by atoms with van der Waals surface area (Å²) in [4.78, 5) is 25.3. The van der Waals surface area contributed by atoms with E-state index in [1.807, 2.05) is 5.01 Å². The topological polar surface area (TPSA) is 84.7 Å². The first kappa shape index (κ1) is 12.7. The van der Waals surface area contributed by atoms with Gasteiger partial charge in [-0.25, -0.2) is 5.01 Å². The van der Waals surface area contributed by atoms with Crippen molar-refractivity contribution in [3.05, 3.63) is 10.1 Å². The van der Waals surface area contributed by atoms with Gasteiger partial charge in [-0.2, -0.15) is 0 Å². The maximum absolute atomic E-state index is 11.4. The Morgan fingerprint density at radius 2 is 2.06 bits per heavy atom. The maximum atomic E-state index is 11.4. The van der Waals surface area contributed by atoms with Crippen LogP contribution in [-0.4, -0.2) is 35.7 Å². The molecule has 1 amide bonds. The molecule has 1 fully saturated rings. The number of carbonyl (C=O) groups excluding carboxylic acids is 1. The van der Waals surface area contributed by atoms with E-state index in [0.29, 0.717) is 6.42 Å². The van der Waals surface area contributed by atoms with Crippen LogP contribution in [0.25, 0.3) is 0 Å². The molecule has 1 aliphatic heterocycles. The van der Waals surface area contributed by atoms with Gasteiger partial charge in [0.1, 0.15) is 0 Å². The van der Waals surface area contributed by atoms with Crippen molar-refractivity contribution >= 4 is 5.91 Å². The molecule has 0 atom stereocenters. The first-order chi connectivity index (χ1) is 7.68. The summed E-state index contributed by atoms with van der Waals surface area (Å²) in [6, 6.07) is 0. The van der Waals surface area contributed by atoms with E-state index in [-0.39, 0.29) is 18.9 Å². The van der Waals surface area contributed by atoms with Gasteiger partial charge in [0.05, 0.1) is 6.61 Å². The molecule has 0 radical (unpaired) electrons. The van der Waals surface area contributed by atoms with Crippen LogP contribution in [0.3, 0.4) is 0 Å². The van der Waals surface area contributed by atoms with E-state index < -0.39 is 5.09 Å². The second-order valence-electron chi connectivity index (χ2n) is 3.74. The Balaban J connectivity index is 2.03. The average molecular weight is 231 g/mol. The zero-order chi connectivity index (χ0) is 11.8. The number of nitrogens with zero attached hydrogens (tertiary/aromatic N) is 2. The largest absolute Gasteiger partial charge is 0.314 e. The standard InChI is InChI=1S/C9H17N3O4/c13-9(5-4-8-16-12(14)15)10-11-6-2-1-3-7-11/h1-8H2,(H,10,13). The van der Waals surface area contributed by atoms with Gasteiger partial charge in [0.15, 0.2) is 0 Å². The zero-order valence-corrected chi connectivity index (χ0v) is 9.18. The van der Waals surface area contributed by atoms with Gasteiger partial charge < -0.3 is 4.84 Å². The second kappa shape index (κ2) is 7.00. The smallest absolute Gasteiger partial charge is 0.294 e. The number of carbonyl (C=O) groups is 1. The fourth-order valence-corrected chi connectivity index (χ4v) is 1.61. The van der Waals surface area contributed by atoms with Gasteiger partial charge >= 0.3 is 0 Å². The highest BCUT2D eigenvalue weighted by atomic mass is 16.9. The molecule has 0 saturated carbocycles. The molecule has 1 aliphatic rings. The van der Waals surface area contributed by atoms with Gasteiger partial charge in [-0.3, -0.25) is 10.2 Å². The van der Waals surface area contributed by atoms with Crippen molar-refractivity contribution in [2.75, 3.05) is 19.7 Å². The minimum absolute atomic E-state index is 0.0274. The van der Waals surface area contributed by atoms with Crippen LogP contribution in [-0.2, 0) is 9.63 Å². The molecule has 1 heterocycles. The Morgan fingerprint density at radius 3 is 2.69 bits per heavy atom. The Labute approximate surface area is 93.8 Å². The van der Waals surface area contributed by atoms with Crippen molar-refractivity contribution in [3.63, 3.8) is 0 Å². The van der Waals surface area contributed by atoms with E-state index >= 15 is 0 Å². The van der Waals surface area contributed by atoms with Crippen molar-refractivity contribution in [1.82, 2.24) is 10.4 Å². The highest BCUT2D eigenvalue weighted by Crippen LogP contribution is 2.06. The van der Waals surface area contributed by atoms with E-state index in [0.717, 1.165) is 25.9 Å². The van der Waals surface area contributed by atoms with Gasteiger partial charge in [0, 0.05) is 19.5 Å². The van der Waals surface area contributed by atoms with Gasteiger partial charge in [-0.05, 0) is 19.3 Å². The summed E-state index contributed by atoms with van der Waals surface area (Å²) in [5.74, 6) is -0.103. The van der Waals surface area contributed by atoms with E-state index in [9.17, 15) is 14.9 Å². The van der Waals surface area contributed by atoms with Crippen molar-refractivity contribution in [1.29, 1.82) is 0 Å². The van der Waals surface area contributed by atoms with Gasteiger partial charge in [0.25, 0.3) is 5.09 Å². The molecule has 1 saturated heterocycles. The molecule has 1 N–H and O–H groups in total. The fourth-order valence-electron chi connectivity index (χ4n) is 1.61. The van der Waals surface area contributed by atoms with Gasteiger partial charge in [-0.1, -0.05) is 6.42 Å². The first-order valence-corrected chi connectivity index (χ1v) is 5.50. The van der Waals surface area contributed by atoms with Crippen LogP contribution in [0.2, 0.25) is 0 Å². The summed E-state index contributed by atoms with van der Waals surface area (Å²) >= 11 is 0. The summed E-state index contributed by atoms with van der Waals surface area (Å²) in [5, 5.41) is 10.9. The molecule has 7 nitrogen and oxygen atoms in total. The molecule has 16 heavy (non-hydrogen) atoms. The lowest BCUT2D eigenvalue weighted by molar-refractivity contribution is -0.757. The quantitative estimate of drug-likeness (QED) is 0.408. The van der Waals surface area contributed by atoms with Crippen LogP contribution in [0.15, 0.2) is 0 Å². The molecule has 0 unspecified atom stereocenters. The lowest BCUT2D eigenvalue weighted by Crippen LogP contribution is -2.45. The lowest BCUT2D eigenvalue weighted by Gasteiger charge is -2.26. The number of hydrogen-bond acceptors (Lipinski definition) is 5. The van der Waals surface area contributed by atoms with Crippen LogP contribution in [0.1, 0.15) is 32.1 Å².